The van der Waals surface area contributed by atoms with Gasteiger partial charge in [0.2, 0.25) is 10.0 Å². The quantitative estimate of drug-likeness (QED) is 0.701. The number of hydrogen-bond acceptors (Lipinski definition) is 6. The standard InChI is InChI=1S/C18H26N4O3S2/c1-10-4-15(21-20-10)17-7-18(11(2)26-17)27(23,24)22-14-5-12-8-19-9-13(12)6-16(14)25-3/h4,7,12-14,16,19,22H,5-6,8-9H2,1-3H3,(H,20,21)/t12-,13+,14-,16-/m0/s1. The Balaban J connectivity index is 1.57. The summed E-state index contributed by atoms with van der Waals surface area (Å²) < 4.78 is 34.8. The molecule has 2 fully saturated rings. The van der Waals surface area contributed by atoms with Crippen molar-refractivity contribution in [2.24, 2.45) is 11.8 Å². The van der Waals surface area contributed by atoms with Crippen molar-refractivity contribution in [2.45, 2.75) is 43.7 Å². The molecule has 1 saturated heterocycles. The van der Waals surface area contributed by atoms with Crippen molar-refractivity contribution in [3.63, 3.8) is 0 Å². The fourth-order valence-corrected chi connectivity index (χ4v) is 7.16. The number of hydrogen-bond donors (Lipinski definition) is 3. The fraction of sp³-hybridized carbons (Fsp3) is 0.611. The maximum Gasteiger partial charge on any atom is 0.242 e. The van der Waals surface area contributed by atoms with E-state index in [-0.39, 0.29) is 12.1 Å². The predicted molar refractivity (Wildman–Crippen MR) is 105 cm³/mol. The molecule has 4 rings (SSSR count). The predicted octanol–water partition coefficient (Wildman–Crippen LogP) is 2.05. The molecule has 148 valence electrons. The molecule has 3 heterocycles. The van der Waals surface area contributed by atoms with Crippen LogP contribution >= 0.6 is 11.3 Å². The average Bonchev–Trinajstić information content (AvgIpc) is 3.33. The summed E-state index contributed by atoms with van der Waals surface area (Å²) in [6, 6.07) is 3.45. The van der Waals surface area contributed by atoms with Gasteiger partial charge in [0.25, 0.3) is 0 Å². The van der Waals surface area contributed by atoms with E-state index >= 15 is 0 Å². The second kappa shape index (κ2) is 7.29. The number of aromatic amines is 1. The third kappa shape index (κ3) is 3.71. The summed E-state index contributed by atoms with van der Waals surface area (Å²) in [5, 5.41) is 10.6. The molecule has 9 heteroatoms. The Morgan fingerprint density at radius 3 is 2.63 bits per heavy atom. The third-order valence-electron chi connectivity index (χ3n) is 5.75. The summed E-state index contributed by atoms with van der Waals surface area (Å²) in [5.74, 6) is 1.09. The van der Waals surface area contributed by atoms with Crippen LogP contribution in [0.15, 0.2) is 17.0 Å². The number of fused-ring (bicyclic) bond motifs is 1. The molecule has 0 unspecified atom stereocenters. The third-order valence-corrected chi connectivity index (χ3v) is 8.57. The van der Waals surface area contributed by atoms with E-state index in [1.807, 2.05) is 19.9 Å². The highest BCUT2D eigenvalue weighted by Gasteiger charge is 2.41. The summed E-state index contributed by atoms with van der Waals surface area (Å²) in [5.41, 5.74) is 1.72. The Bertz CT molecular complexity index is 921. The molecule has 0 spiro atoms. The molecule has 27 heavy (non-hydrogen) atoms. The summed E-state index contributed by atoms with van der Waals surface area (Å²) in [6.45, 7) is 5.72. The number of rotatable bonds is 5. The van der Waals surface area contributed by atoms with Crippen molar-refractivity contribution in [3.05, 3.63) is 22.7 Å². The van der Waals surface area contributed by atoms with Crippen LogP contribution in [0.3, 0.4) is 0 Å². The molecule has 7 nitrogen and oxygen atoms in total. The van der Waals surface area contributed by atoms with Gasteiger partial charge in [-0.3, -0.25) is 5.10 Å². The lowest BCUT2D eigenvalue weighted by Gasteiger charge is -2.37. The average molecular weight is 411 g/mol. The van der Waals surface area contributed by atoms with Crippen LogP contribution in [0.4, 0.5) is 0 Å². The van der Waals surface area contributed by atoms with E-state index in [0.717, 1.165) is 47.1 Å². The molecule has 1 aliphatic carbocycles. The maximum absolute atomic E-state index is 13.1. The molecule has 2 aromatic heterocycles. The lowest BCUT2D eigenvalue weighted by molar-refractivity contribution is 0.0194. The van der Waals surface area contributed by atoms with Gasteiger partial charge in [-0.05, 0) is 63.7 Å². The van der Waals surface area contributed by atoms with Gasteiger partial charge in [0.05, 0.1) is 15.9 Å². The SMILES string of the molecule is CO[C@H]1C[C@@H]2CNC[C@@H]2C[C@@H]1NS(=O)(=O)c1cc(-c2cc(C)[nH]n2)sc1C. The second-order valence-electron chi connectivity index (χ2n) is 7.62. The van der Waals surface area contributed by atoms with Gasteiger partial charge in [-0.25, -0.2) is 13.1 Å². The first-order valence-electron chi connectivity index (χ1n) is 9.26. The van der Waals surface area contributed by atoms with Gasteiger partial charge in [-0.15, -0.1) is 11.3 Å². The zero-order valence-corrected chi connectivity index (χ0v) is 17.4. The van der Waals surface area contributed by atoms with E-state index < -0.39 is 10.0 Å². The van der Waals surface area contributed by atoms with Crippen LogP contribution in [-0.4, -0.2) is 51.0 Å². The molecular weight excluding hydrogens is 384 g/mol. The Labute approximate surface area is 164 Å². The Morgan fingerprint density at radius 1 is 1.22 bits per heavy atom. The second-order valence-corrected chi connectivity index (χ2v) is 10.6. The van der Waals surface area contributed by atoms with E-state index in [9.17, 15) is 8.42 Å². The first-order chi connectivity index (χ1) is 12.9. The van der Waals surface area contributed by atoms with Crippen LogP contribution in [0.2, 0.25) is 0 Å². The Morgan fingerprint density at radius 2 is 1.96 bits per heavy atom. The molecule has 1 saturated carbocycles. The van der Waals surface area contributed by atoms with E-state index in [2.05, 4.69) is 20.2 Å². The van der Waals surface area contributed by atoms with Gasteiger partial charge >= 0.3 is 0 Å². The minimum atomic E-state index is -3.62. The van der Waals surface area contributed by atoms with Gasteiger partial charge < -0.3 is 10.1 Å². The summed E-state index contributed by atoms with van der Waals surface area (Å²) in [4.78, 5) is 1.96. The highest BCUT2D eigenvalue weighted by Crippen LogP contribution is 2.36. The minimum absolute atomic E-state index is 0.0895. The zero-order chi connectivity index (χ0) is 19.2. The van der Waals surface area contributed by atoms with Gasteiger partial charge in [0.1, 0.15) is 5.69 Å². The molecule has 0 radical (unpaired) electrons. The van der Waals surface area contributed by atoms with Crippen LogP contribution in [0.5, 0.6) is 0 Å². The van der Waals surface area contributed by atoms with Gasteiger partial charge in [-0.2, -0.15) is 5.10 Å². The van der Waals surface area contributed by atoms with Crippen molar-refractivity contribution in [2.75, 3.05) is 20.2 Å². The molecule has 3 N–H and O–H groups in total. The Kier molecular flexibility index (Phi) is 5.15. The zero-order valence-electron chi connectivity index (χ0n) is 15.8. The largest absolute Gasteiger partial charge is 0.380 e. The number of thiophene rings is 1. The molecule has 4 atom stereocenters. The number of sulfonamides is 1. The highest BCUT2D eigenvalue weighted by molar-refractivity contribution is 7.89. The maximum atomic E-state index is 13.1. The smallest absolute Gasteiger partial charge is 0.242 e. The van der Waals surface area contributed by atoms with Gasteiger partial charge in [-0.1, -0.05) is 0 Å². The highest BCUT2D eigenvalue weighted by atomic mass is 32.2. The number of ether oxygens (including phenoxy) is 1. The molecule has 0 amide bonds. The van der Waals surface area contributed by atoms with Crippen molar-refractivity contribution in [3.8, 4) is 10.6 Å². The van der Waals surface area contributed by atoms with Crippen LogP contribution < -0.4 is 10.0 Å². The summed E-state index contributed by atoms with van der Waals surface area (Å²) in [6.07, 6.45) is 1.61. The van der Waals surface area contributed by atoms with Crippen LogP contribution in [0.25, 0.3) is 10.6 Å². The van der Waals surface area contributed by atoms with Crippen molar-refractivity contribution in [1.82, 2.24) is 20.2 Å². The van der Waals surface area contributed by atoms with Crippen LogP contribution in [0.1, 0.15) is 23.4 Å². The normalized spacial score (nSPS) is 28.4. The van der Waals surface area contributed by atoms with Crippen molar-refractivity contribution >= 4 is 21.4 Å². The number of aromatic nitrogens is 2. The first-order valence-corrected chi connectivity index (χ1v) is 11.6. The van der Waals surface area contributed by atoms with Gasteiger partial charge in [0.15, 0.2) is 0 Å². The first kappa shape index (κ1) is 19.1. The number of methoxy groups -OCH3 is 1. The van der Waals surface area contributed by atoms with E-state index in [0.29, 0.717) is 16.7 Å². The number of aryl methyl sites for hydroxylation is 2. The van der Waals surface area contributed by atoms with E-state index in [1.165, 1.54) is 11.3 Å². The minimum Gasteiger partial charge on any atom is -0.380 e. The summed E-state index contributed by atoms with van der Waals surface area (Å²) >= 11 is 1.45. The number of nitrogens with one attached hydrogen (secondary N) is 3. The Hall–Kier alpha value is -1.26. The van der Waals surface area contributed by atoms with Crippen molar-refractivity contribution in [1.29, 1.82) is 0 Å². The lowest BCUT2D eigenvalue weighted by Crippen LogP contribution is -2.50. The van der Waals surface area contributed by atoms with Gasteiger partial charge in [0, 0.05) is 23.7 Å². The topological polar surface area (TPSA) is 96.1 Å². The van der Waals surface area contributed by atoms with E-state index in [4.69, 9.17) is 4.74 Å². The number of nitrogens with zero attached hydrogens (tertiary/aromatic N) is 1. The molecule has 1 aliphatic heterocycles. The molecule has 0 aromatic carbocycles. The number of H-pyrrole nitrogens is 1. The monoisotopic (exact) mass is 410 g/mol. The molecule has 0 bridgehead atoms. The fourth-order valence-electron chi connectivity index (χ4n) is 4.33. The molecule has 2 aromatic rings. The summed E-state index contributed by atoms with van der Waals surface area (Å²) in [7, 11) is -1.95. The molecule has 2 aliphatic rings. The van der Waals surface area contributed by atoms with Crippen molar-refractivity contribution < 1.29 is 13.2 Å². The van der Waals surface area contributed by atoms with E-state index in [1.54, 1.807) is 13.2 Å². The lowest BCUT2D eigenvalue weighted by atomic mass is 9.78. The van der Waals surface area contributed by atoms with Crippen LogP contribution in [-0.2, 0) is 14.8 Å². The van der Waals surface area contributed by atoms with Crippen LogP contribution in [0, 0.1) is 25.7 Å². The molecular formula is C18H26N4O3S2.